The Kier molecular flexibility index (Phi) is 5.41. The average molecular weight is 411 g/mol. The largest absolute Gasteiger partial charge is 0.380 e. The molecule has 0 atom stereocenters. The molecule has 1 aliphatic carbocycles. The number of nitrogens with zero attached hydrogens (tertiary/aromatic N) is 3. The zero-order valence-electron chi connectivity index (χ0n) is 17.4. The first kappa shape index (κ1) is 19.2. The maximum atomic E-state index is 5.64. The third kappa shape index (κ3) is 3.86. The van der Waals surface area contributed by atoms with E-state index in [1.807, 2.05) is 0 Å². The third-order valence-corrected chi connectivity index (χ3v) is 7.86. The van der Waals surface area contributed by atoms with Gasteiger partial charge in [0.25, 0.3) is 0 Å². The summed E-state index contributed by atoms with van der Waals surface area (Å²) >= 11 is 1.77. The molecule has 1 saturated carbocycles. The van der Waals surface area contributed by atoms with Crippen LogP contribution in [0.3, 0.4) is 0 Å². The Morgan fingerprint density at radius 2 is 2.00 bits per heavy atom. The van der Waals surface area contributed by atoms with Crippen molar-refractivity contribution in [3.8, 4) is 10.6 Å². The summed E-state index contributed by atoms with van der Waals surface area (Å²) in [5.41, 5.74) is 4.67. The van der Waals surface area contributed by atoms with Gasteiger partial charge in [-0.05, 0) is 63.5 Å². The standard InChI is InChI=1S/C23H30N4OS/c1-15-16(2)29-23(26-15)21-14-25-22-20(21)12-18(13-24-22)17-4-6-19(7-5-17)27-8-3-10-28-11-9-27/h12-14,17,19H,3-11H2,1-2H3,(H,24,25). The lowest BCUT2D eigenvalue weighted by molar-refractivity contribution is 0.118. The molecule has 0 unspecified atom stereocenters. The molecule has 2 aliphatic rings. The molecule has 0 spiro atoms. The van der Waals surface area contributed by atoms with Crippen molar-refractivity contribution in [2.45, 2.75) is 57.9 Å². The van der Waals surface area contributed by atoms with Gasteiger partial charge in [0.1, 0.15) is 10.7 Å². The van der Waals surface area contributed by atoms with E-state index >= 15 is 0 Å². The topological polar surface area (TPSA) is 54.0 Å². The molecule has 0 aromatic carbocycles. The summed E-state index contributed by atoms with van der Waals surface area (Å²) in [4.78, 5) is 16.8. The molecule has 6 heteroatoms. The van der Waals surface area contributed by atoms with Crippen LogP contribution >= 0.6 is 11.3 Å². The molecular weight excluding hydrogens is 380 g/mol. The van der Waals surface area contributed by atoms with Gasteiger partial charge < -0.3 is 9.72 Å². The summed E-state index contributed by atoms with van der Waals surface area (Å²) in [5.74, 6) is 0.619. The third-order valence-electron chi connectivity index (χ3n) is 6.75. The number of pyridine rings is 1. The summed E-state index contributed by atoms with van der Waals surface area (Å²) < 4.78 is 5.64. The first-order valence-electron chi connectivity index (χ1n) is 10.9. The van der Waals surface area contributed by atoms with Gasteiger partial charge in [-0.25, -0.2) is 9.97 Å². The Labute approximate surface area is 176 Å². The number of ether oxygens (including phenoxy) is 1. The molecule has 0 amide bonds. The molecule has 5 rings (SSSR count). The van der Waals surface area contributed by atoms with E-state index in [0.717, 1.165) is 42.1 Å². The van der Waals surface area contributed by atoms with E-state index in [1.54, 1.807) is 11.3 Å². The summed E-state index contributed by atoms with van der Waals surface area (Å²) in [7, 11) is 0. The molecular formula is C23H30N4OS. The van der Waals surface area contributed by atoms with E-state index in [2.05, 4.69) is 42.2 Å². The van der Waals surface area contributed by atoms with Crippen LogP contribution < -0.4 is 0 Å². The number of rotatable bonds is 3. The lowest BCUT2D eigenvalue weighted by atomic mass is 9.81. The Hall–Kier alpha value is -1.76. The van der Waals surface area contributed by atoms with Crippen LogP contribution in [0, 0.1) is 13.8 Å². The molecule has 1 saturated heterocycles. The van der Waals surface area contributed by atoms with Gasteiger partial charge in [-0.1, -0.05) is 0 Å². The summed E-state index contributed by atoms with van der Waals surface area (Å²) in [5, 5.41) is 2.31. The maximum Gasteiger partial charge on any atom is 0.137 e. The first-order chi connectivity index (χ1) is 14.2. The Balaban J connectivity index is 1.34. The molecule has 0 bridgehead atoms. The van der Waals surface area contributed by atoms with Crippen molar-refractivity contribution in [3.63, 3.8) is 0 Å². The van der Waals surface area contributed by atoms with Gasteiger partial charge in [-0.2, -0.15) is 0 Å². The van der Waals surface area contributed by atoms with Gasteiger partial charge in [0.2, 0.25) is 0 Å². The van der Waals surface area contributed by atoms with E-state index in [1.165, 1.54) is 60.0 Å². The molecule has 1 N–H and O–H groups in total. The second-order valence-electron chi connectivity index (χ2n) is 8.54. The Morgan fingerprint density at radius 1 is 1.14 bits per heavy atom. The second kappa shape index (κ2) is 8.17. The second-order valence-corrected chi connectivity index (χ2v) is 9.74. The van der Waals surface area contributed by atoms with Crippen LogP contribution in [0.25, 0.3) is 21.6 Å². The molecule has 2 fully saturated rings. The predicted molar refractivity (Wildman–Crippen MR) is 119 cm³/mol. The summed E-state index contributed by atoms with van der Waals surface area (Å²) in [6, 6.07) is 3.10. The van der Waals surface area contributed by atoms with Crippen molar-refractivity contribution in [3.05, 3.63) is 34.6 Å². The molecule has 29 heavy (non-hydrogen) atoms. The fourth-order valence-corrected chi connectivity index (χ4v) is 5.86. The van der Waals surface area contributed by atoms with E-state index in [-0.39, 0.29) is 0 Å². The minimum Gasteiger partial charge on any atom is -0.380 e. The van der Waals surface area contributed by atoms with Crippen molar-refractivity contribution in [2.24, 2.45) is 0 Å². The molecule has 3 aromatic heterocycles. The average Bonchev–Trinajstić information content (AvgIpc) is 3.18. The molecule has 5 nitrogen and oxygen atoms in total. The van der Waals surface area contributed by atoms with Gasteiger partial charge >= 0.3 is 0 Å². The lowest BCUT2D eigenvalue weighted by Gasteiger charge is -2.36. The molecule has 0 radical (unpaired) electrons. The van der Waals surface area contributed by atoms with Gasteiger partial charge in [0.15, 0.2) is 0 Å². The van der Waals surface area contributed by atoms with Gasteiger partial charge in [0, 0.05) is 54.0 Å². The molecule has 3 aromatic rings. The van der Waals surface area contributed by atoms with Crippen molar-refractivity contribution < 1.29 is 4.74 Å². The normalized spacial score (nSPS) is 24.1. The highest BCUT2D eigenvalue weighted by atomic mass is 32.1. The highest BCUT2D eigenvalue weighted by molar-refractivity contribution is 7.15. The van der Waals surface area contributed by atoms with Crippen LogP contribution in [-0.2, 0) is 4.74 Å². The van der Waals surface area contributed by atoms with Crippen LogP contribution in [0.4, 0.5) is 0 Å². The predicted octanol–water partition coefficient (Wildman–Crippen LogP) is 5.05. The van der Waals surface area contributed by atoms with Gasteiger partial charge in [0.05, 0.1) is 12.3 Å². The number of nitrogens with one attached hydrogen (secondary N) is 1. The number of hydrogen-bond donors (Lipinski definition) is 1. The monoisotopic (exact) mass is 410 g/mol. The number of fused-ring (bicyclic) bond motifs is 1. The van der Waals surface area contributed by atoms with Crippen LogP contribution in [0.2, 0.25) is 0 Å². The number of thiazole rings is 1. The van der Waals surface area contributed by atoms with Crippen LogP contribution in [0.15, 0.2) is 18.5 Å². The zero-order valence-corrected chi connectivity index (χ0v) is 18.2. The number of aryl methyl sites for hydroxylation is 2. The van der Waals surface area contributed by atoms with Crippen LogP contribution in [-0.4, -0.2) is 52.2 Å². The van der Waals surface area contributed by atoms with Gasteiger partial charge in [-0.15, -0.1) is 11.3 Å². The fraction of sp³-hybridized carbons (Fsp3) is 0.565. The highest BCUT2D eigenvalue weighted by Crippen LogP contribution is 2.38. The Bertz CT molecular complexity index is 959. The van der Waals surface area contributed by atoms with Crippen LogP contribution in [0.5, 0.6) is 0 Å². The van der Waals surface area contributed by atoms with Crippen molar-refractivity contribution in [1.29, 1.82) is 0 Å². The molecule has 1 aliphatic heterocycles. The van der Waals surface area contributed by atoms with Gasteiger partial charge in [-0.3, -0.25) is 4.90 Å². The molecule has 154 valence electrons. The fourth-order valence-electron chi connectivity index (χ4n) is 4.91. The summed E-state index contributed by atoms with van der Waals surface area (Å²) in [6.07, 6.45) is 10.4. The zero-order chi connectivity index (χ0) is 19.8. The molecule has 4 heterocycles. The van der Waals surface area contributed by atoms with E-state index in [0.29, 0.717) is 5.92 Å². The SMILES string of the molecule is Cc1nc(-c2c[nH]c3ncc(C4CCC(N5CCCOCC5)CC4)cc23)sc1C. The number of aromatic nitrogens is 3. The van der Waals surface area contributed by atoms with E-state index in [4.69, 9.17) is 14.7 Å². The van der Waals surface area contributed by atoms with E-state index in [9.17, 15) is 0 Å². The van der Waals surface area contributed by atoms with Crippen molar-refractivity contribution >= 4 is 22.4 Å². The summed E-state index contributed by atoms with van der Waals surface area (Å²) in [6.45, 7) is 8.35. The number of H-pyrrole nitrogens is 1. The van der Waals surface area contributed by atoms with Crippen molar-refractivity contribution in [2.75, 3.05) is 26.3 Å². The highest BCUT2D eigenvalue weighted by Gasteiger charge is 2.27. The Morgan fingerprint density at radius 3 is 2.79 bits per heavy atom. The lowest BCUT2D eigenvalue weighted by Crippen LogP contribution is -2.39. The quantitative estimate of drug-likeness (QED) is 0.656. The maximum absolute atomic E-state index is 5.64. The van der Waals surface area contributed by atoms with E-state index < -0.39 is 0 Å². The van der Waals surface area contributed by atoms with Crippen molar-refractivity contribution in [1.82, 2.24) is 19.9 Å². The minimum atomic E-state index is 0.619. The minimum absolute atomic E-state index is 0.619. The number of aromatic amines is 1. The van der Waals surface area contributed by atoms with Crippen LogP contribution in [0.1, 0.15) is 54.2 Å². The smallest absolute Gasteiger partial charge is 0.137 e. The first-order valence-corrected chi connectivity index (χ1v) is 11.7. The number of hydrogen-bond acceptors (Lipinski definition) is 5.